The second-order valence-corrected chi connectivity index (χ2v) is 9.99. The van der Waals surface area contributed by atoms with Crippen molar-refractivity contribution in [3.63, 3.8) is 0 Å². The lowest BCUT2D eigenvalue weighted by molar-refractivity contribution is -0.136. The van der Waals surface area contributed by atoms with Crippen LogP contribution in [0.4, 0.5) is 0 Å². The maximum Gasteiger partial charge on any atom is 0.325 e. The van der Waals surface area contributed by atoms with Gasteiger partial charge in [0.2, 0.25) is 0 Å². The lowest BCUT2D eigenvalue weighted by Gasteiger charge is -2.22. The van der Waals surface area contributed by atoms with Crippen LogP contribution in [0.1, 0.15) is 33.0 Å². The first-order valence-electron chi connectivity index (χ1n) is 12.6. The number of amides is 1. The van der Waals surface area contributed by atoms with Gasteiger partial charge < -0.3 is 27.6 Å². The number of nitrogens with two attached hydrogens (primary N) is 3. The number of nitrogens with one attached hydrogen (secondary N) is 1. The van der Waals surface area contributed by atoms with E-state index in [9.17, 15) is 19.2 Å². The van der Waals surface area contributed by atoms with Crippen molar-refractivity contribution in [2.75, 3.05) is 13.1 Å². The molecule has 0 aliphatic rings. The largest absolute Gasteiger partial charge is 0.480 e. The van der Waals surface area contributed by atoms with E-state index in [1.165, 1.54) is 5.38 Å². The summed E-state index contributed by atoms with van der Waals surface area (Å²) in [4.78, 5) is 57.9. The van der Waals surface area contributed by atoms with Crippen molar-refractivity contribution in [1.29, 1.82) is 0 Å². The molecule has 0 radical (unpaired) electrons. The van der Waals surface area contributed by atoms with E-state index in [4.69, 9.17) is 22.3 Å². The van der Waals surface area contributed by atoms with Gasteiger partial charge in [-0.25, -0.2) is 4.98 Å². The highest BCUT2D eigenvalue weighted by atomic mass is 32.1. The molecule has 11 nitrogen and oxygen atoms in total. The minimum Gasteiger partial charge on any atom is -0.480 e. The fraction of sp³-hybridized carbons (Fsp3) is 0.286. The van der Waals surface area contributed by atoms with Gasteiger partial charge in [-0.1, -0.05) is 60.7 Å². The number of nitrogens with zero attached hydrogens (tertiary/aromatic N) is 2. The van der Waals surface area contributed by atoms with Crippen molar-refractivity contribution in [3.05, 3.63) is 87.9 Å². The second kappa shape index (κ2) is 14.8. The number of benzene rings is 2. The molecule has 210 valence electrons. The third-order valence-corrected chi connectivity index (χ3v) is 6.92. The van der Waals surface area contributed by atoms with Crippen LogP contribution in [-0.2, 0) is 27.2 Å². The maximum absolute atomic E-state index is 13.4. The third kappa shape index (κ3) is 8.90. The summed E-state index contributed by atoms with van der Waals surface area (Å²) >= 11 is 0.999. The number of ketones is 2. The van der Waals surface area contributed by atoms with Crippen LogP contribution in [0.2, 0.25) is 0 Å². The van der Waals surface area contributed by atoms with Gasteiger partial charge in [-0.2, -0.15) is 0 Å². The monoisotopic (exact) mass is 564 g/mol. The number of hydrogen-bond donors (Lipinski definition) is 5. The molecule has 0 unspecified atom stereocenters. The molecule has 2 atom stereocenters. The Morgan fingerprint density at radius 2 is 1.43 bits per heavy atom. The Balaban J connectivity index is 1.68. The zero-order valence-corrected chi connectivity index (χ0v) is 22.5. The molecule has 8 N–H and O–H groups in total. The standard InChI is InChI=1S/C28H32N6O5S/c29-20(13-17-7-3-1-4-8-17)24(37)19(25(38)21(30)14-18-9-5-2-6-10-18)11-12-32-27(39)28-34-22(16-40-28)26(31)33-15-23(35)36/h1-10,16,19-21H,11-15,29-30H2,(H2,31,33)(H,32,39)(H,35,36)/t20-,21-/m0/s1. The fourth-order valence-corrected chi connectivity index (χ4v) is 4.74. The number of rotatable bonds is 15. The number of Topliss-reactive ketones (excluding diaryl/α,β-unsaturated/α-hetero) is 2. The van der Waals surface area contributed by atoms with Crippen molar-refractivity contribution < 1.29 is 24.3 Å². The summed E-state index contributed by atoms with van der Waals surface area (Å²) in [7, 11) is 0. The molecule has 0 aliphatic heterocycles. The molecule has 0 aliphatic carbocycles. The summed E-state index contributed by atoms with van der Waals surface area (Å²) in [6.45, 7) is -0.526. The molecule has 3 aromatic rings. The minimum atomic E-state index is -1.15. The Kier molecular flexibility index (Phi) is 11.2. The van der Waals surface area contributed by atoms with Gasteiger partial charge in [-0.15, -0.1) is 11.3 Å². The summed E-state index contributed by atoms with van der Waals surface area (Å²) in [6, 6.07) is 16.7. The number of carbonyl (C=O) groups excluding carboxylic acids is 3. The van der Waals surface area contributed by atoms with Crippen molar-refractivity contribution in [1.82, 2.24) is 10.3 Å². The highest BCUT2D eigenvalue weighted by Crippen LogP contribution is 2.16. The number of thiazole rings is 1. The quantitative estimate of drug-likeness (QED) is 0.101. The predicted molar refractivity (Wildman–Crippen MR) is 152 cm³/mol. The van der Waals surface area contributed by atoms with Crippen LogP contribution < -0.4 is 22.5 Å². The molecule has 0 saturated carbocycles. The number of amidine groups is 1. The van der Waals surface area contributed by atoms with Gasteiger partial charge in [0.15, 0.2) is 16.6 Å². The summed E-state index contributed by atoms with van der Waals surface area (Å²) in [5, 5.41) is 12.9. The van der Waals surface area contributed by atoms with Crippen molar-refractivity contribution in [2.45, 2.75) is 31.3 Å². The van der Waals surface area contributed by atoms with Crippen LogP contribution in [0.3, 0.4) is 0 Å². The summed E-state index contributed by atoms with van der Waals surface area (Å²) in [5.74, 6) is -3.78. The van der Waals surface area contributed by atoms with Crippen LogP contribution in [-0.4, -0.2) is 64.5 Å². The Morgan fingerprint density at radius 3 is 1.93 bits per heavy atom. The number of hydrogen-bond acceptors (Lipinski definition) is 9. The van der Waals surface area contributed by atoms with Gasteiger partial charge >= 0.3 is 5.97 Å². The first kappa shape index (κ1) is 30.3. The molecule has 0 spiro atoms. The first-order valence-corrected chi connectivity index (χ1v) is 13.5. The molecule has 0 fully saturated rings. The average molecular weight is 565 g/mol. The van der Waals surface area contributed by atoms with E-state index in [0.29, 0.717) is 0 Å². The lowest BCUT2D eigenvalue weighted by Crippen LogP contribution is -2.47. The molecule has 3 rings (SSSR count). The number of carboxylic acid groups (broad SMARTS) is 1. The molecule has 1 amide bonds. The molecular weight excluding hydrogens is 532 g/mol. The van der Waals surface area contributed by atoms with Gasteiger partial charge in [0.05, 0.1) is 18.0 Å². The molecule has 2 aromatic carbocycles. The van der Waals surface area contributed by atoms with Gasteiger partial charge in [-0.3, -0.25) is 24.2 Å². The molecule has 12 heteroatoms. The van der Waals surface area contributed by atoms with E-state index < -0.39 is 48.0 Å². The SMILES string of the molecule is NC(=NCC(=O)O)c1csc(C(=O)NCCC(C(=O)[C@@H](N)Cc2ccccc2)C(=O)[C@@H](N)Cc2ccccc2)n1. The molecule has 40 heavy (non-hydrogen) atoms. The minimum absolute atomic E-state index is 0.00536. The number of carbonyl (C=O) groups is 4. The summed E-state index contributed by atoms with van der Waals surface area (Å²) in [6.07, 6.45) is 0.530. The third-order valence-electron chi connectivity index (χ3n) is 6.08. The van der Waals surface area contributed by atoms with Gasteiger partial charge in [0.1, 0.15) is 18.1 Å². The van der Waals surface area contributed by atoms with Gasteiger partial charge in [0.25, 0.3) is 5.91 Å². The normalized spacial score (nSPS) is 13.0. The molecule has 0 bridgehead atoms. The summed E-state index contributed by atoms with van der Waals surface area (Å²) in [5.41, 5.74) is 20.1. The zero-order valence-electron chi connectivity index (χ0n) is 21.7. The van der Waals surface area contributed by atoms with E-state index >= 15 is 0 Å². The van der Waals surface area contributed by atoms with E-state index in [-0.39, 0.29) is 42.3 Å². The van der Waals surface area contributed by atoms with Crippen LogP contribution in [0.25, 0.3) is 0 Å². The van der Waals surface area contributed by atoms with E-state index in [2.05, 4.69) is 15.3 Å². The van der Waals surface area contributed by atoms with Crippen LogP contribution in [0.15, 0.2) is 71.0 Å². The van der Waals surface area contributed by atoms with Crippen LogP contribution in [0.5, 0.6) is 0 Å². The van der Waals surface area contributed by atoms with Crippen molar-refractivity contribution in [3.8, 4) is 0 Å². The zero-order chi connectivity index (χ0) is 29.1. The highest BCUT2D eigenvalue weighted by molar-refractivity contribution is 7.11. The van der Waals surface area contributed by atoms with Crippen molar-refractivity contribution >= 4 is 40.6 Å². The Hall–Kier alpha value is -4.26. The molecule has 0 saturated heterocycles. The maximum atomic E-state index is 13.4. The Bertz CT molecular complexity index is 1290. The molecule has 1 heterocycles. The Labute approximate surface area is 235 Å². The number of aliphatic imine (C=N–C) groups is 1. The fourth-order valence-electron chi connectivity index (χ4n) is 4.01. The predicted octanol–water partition coefficient (Wildman–Crippen LogP) is 0.947. The second-order valence-electron chi connectivity index (χ2n) is 9.13. The number of carboxylic acids is 1. The van der Waals surface area contributed by atoms with Crippen LogP contribution in [0, 0.1) is 5.92 Å². The average Bonchev–Trinajstić information content (AvgIpc) is 3.45. The van der Waals surface area contributed by atoms with Gasteiger partial charge in [-0.05, 0) is 30.4 Å². The van der Waals surface area contributed by atoms with Crippen LogP contribution >= 0.6 is 11.3 Å². The smallest absolute Gasteiger partial charge is 0.325 e. The topological polar surface area (TPSA) is 204 Å². The number of aromatic nitrogens is 1. The highest BCUT2D eigenvalue weighted by Gasteiger charge is 2.33. The molecular formula is C28H32N6O5S. The van der Waals surface area contributed by atoms with E-state index in [1.807, 2.05) is 60.7 Å². The summed E-state index contributed by atoms with van der Waals surface area (Å²) < 4.78 is 0. The lowest BCUT2D eigenvalue weighted by atomic mass is 9.84. The number of aliphatic carboxylic acids is 1. The van der Waals surface area contributed by atoms with Gasteiger partial charge in [0, 0.05) is 11.9 Å². The van der Waals surface area contributed by atoms with E-state index in [0.717, 1.165) is 22.5 Å². The molecule has 1 aromatic heterocycles. The van der Waals surface area contributed by atoms with Crippen molar-refractivity contribution in [2.24, 2.45) is 28.1 Å². The Morgan fingerprint density at radius 1 is 0.900 bits per heavy atom. The first-order chi connectivity index (χ1) is 19.2. The van der Waals surface area contributed by atoms with E-state index in [1.54, 1.807) is 0 Å².